The summed E-state index contributed by atoms with van der Waals surface area (Å²) in [7, 11) is 0. The molecule has 152 valence electrons. The van der Waals surface area contributed by atoms with Gasteiger partial charge >= 0.3 is 0 Å². The molecular formula is C26H24O3S. The van der Waals surface area contributed by atoms with Crippen LogP contribution in [-0.4, -0.2) is 5.11 Å². The van der Waals surface area contributed by atoms with Gasteiger partial charge in [0.05, 0.1) is 11.0 Å². The molecule has 1 N–H and O–H groups in total. The number of aliphatic hydroxyl groups is 1. The molecule has 0 aliphatic carbocycles. The molecular weight excluding hydrogens is 392 g/mol. The maximum Gasteiger partial charge on any atom is 0.151 e. The summed E-state index contributed by atoms with van der Waals surface area (Å²) in [6, 6.07) is 25.8. The van der Waals surface area contributed by atoms with E-state index < -0.39 is 6.10 Å². The van der Waals surface area contributed by atoms with Gasteiger partial charge in [0.2, 0.25) is 0 Å². The van der Waals surface area contributed by atoms with Gasteiger partial charge in [-0.25, -0.2) is 0 Å². The Bertz CT molecular complexity index is 1110. The summed E-state index contributed by atoms with van der Waals surface area (Å²) >= 11 is 1.58. The van der Waals surface area contributed by atoms with Gasteiger partial charge in [-0.3, -0.25) is 0 Å². The molecule has 1 heterocycles. The van der Waals surface area contributed by atoms with E-state index in [4.69, 9.17) is 9.47 Å². The first kappa shape index (κ1) is 20.2. The molecule has 0 radical (unpaired) electrons. The zero-order valence-electron chi connectivity index (χ0n) is 16.8. The Morgan fingerprint density at radius 2 is 1.60 bits per heavy atom. The van der Waals surface area contributed by atoms with E-state index in [1.54, 1.807) is 11.3 Å². The number of hydrogen-bond acceptors (Lipinski definition) is 4. The number of thiophene rings is 1. The van der Waals surface area contributed by atoms with Crippen LogP contribution in [0.4, 0.5) is 0 Å². The van der Waals surface area contributed by atoms with Crippen LogP contribution in [0.1, 0.15) is 29.9 Å². The van der Waals surface area contributed by atoms with Crippen molar-refractivity contribution in [2.75, 3.05) is 0 Å². The van der Waals surface area contributed by atoms with Crippen LogP contribution in [0.5, 0.6) is 17.2 Å². The van der Waals surface area contributed by atoms with E-state index in [2.05, 4.69) is 6.07 Å². The van der Waals surface area contributed by atoms with Crippen molar-refractivity contribution < 1.29 is 14.6 Å². The summed E-state index contributed by atoms with van der Waals surface area (Å²) in [5.74, 6) is 2.23. The predicted molar refractivity (Wildman–Crippen MR) is 124 cm³/mol. The molecule has 0 aliphatic rings. The lowest BCUT2D eigenvalue weighted by Gasteiger charge is -2.12. The number of rotatable bonds is 8. The summed E-state index contributed by atoms with van der Waals surface area (Å²) in [5, 5.41) is 11.7. The van der Waals surface area contributed by atoms with Crippen LogP contribution in [-0.2, 0) is 6.61 Å². The van der Waals surface area contributed by atoms with Crippen molar-refractivity contribution in [3.05, 3.63) is 101 Å². The molecule has 30 heavy (non-hydrogen) atoms. The molecule has 3 aromatic carbocycles. The second-order valence-electron chi connectivity index (χ2n) is 6.96. The normalized spacial score (nSPS) is 12.3. The Hall–Kier alpha value is -3.08. The van der Waals surface area contributed by atoms with E-state index >= 15 is 0 Å². The van der Waals surface area contributed by atoms with Gasteiger partial charge in [-0.2, -0.15) is 0 Å². The highest BCUT2D eigenvalue weighted by Crippen LogP contribution is 2.44. The average Bonchev–Trinajstić information content (AvgIpc) is 3.16. The molecule has 1 unspecified atom stereocenters. The summed E-state index contributed by atoms with van der Waals surface area (Å²) in [5.41, 5.74) is 1.13. The van der Waals surface area contributed by atoms with Crippen molar-refractivity contribution in [3.63, 3.8) is 0 Å². The highest BCUT2D eigenvalue weighted by atomic mass is 32.1. The van der Waals surface area contributed by atoms with E-state index in [0.29, 0.717) is 18.8 Å². The lowest BCUT2D eigenvalue weighted by molar-refractivity contribution is 0.182. The summed E-state index contributed by atoms with van der Waals surface area (Å²) < 4.78 is 13.2. The minimum atomic E-state index is -0.595. The highest BCUT2D eigenvalue weighted by molar-refractivity contribution is 7.19. The van der Waals surface area contributed by atoms with E-state index in [-0.39, 0.29) is 0 Å². The van der Waals surface area contributed by atoms with Crippen molar-refractivity contribution in [1.82, 2.24) is 0 Å². The largest absolute Gasteiger partial charge is 0.489 e. The molecule has 1 atom stereocenters. The first-order valence-electron chi connectivity index (χ1n) is 10.00. The minimum Gasteiger partial charge on any atom is -0.489 e. The SMILES string of the molecule is CC=CCC(O)c1sc2ccccc2c1Oc1ccc(OCc2ccccc2)cc1. The molecule has 0 saturated heterocycles. The first-order valence-corrected chi connectivity index (χ1v) is 10.8. The van der Waals surface area contributed by atoms with E-state index in [9.17, 15) is 5.11 Å². The second-order valence-corrected chi connectivity index (χ2v) is 8.04. The van der Waals surface area contributed by atoms with E-state index in [0.717, 1.165) is 32.0 Å². The van der Waals surface area contributed by atoms with Gasteiger partial charge < -0.3 is 14.6 Å². The fourth-order valence-corrected chi connectivity index (χ4v) is 4.33. The van der Waals surface area contributed by atoms with Crippen LogP contribution in [0.25, 0.3) is 10.1 Å². The molecule has 0 fully saturated rings. The van der Waals surface area contributed by atoms with Crippen LogP contribution in [0.2, 0.25) is 0 Å². The number of benzene rings is 3. The summed E-state index contributed by atoms with van der Waals surface area (Å²) in [6.07, 6.45) is 3.89. The van der Waals surface area contributed by atoms with Gasteiger partial charge in [-0.1, -0.05) is 54.6 Å². The zero-order valence-corrected chi connectivity index (χ0v) is 17.6. The molecule has 0 amide bonds. The van der Waals surface area contributed by atoms with Crippen molar-refractivity contribution >= 4 is 21.4 Å². The Morgan fingerprint density at radius 1 is 0.900 bits per heavy atom. The third-order valence-corrected chi connectivity index (χ3v) is 6.02. The third kappa shape index (κ3) is 4.73. The average molecular weight is 417 g/mol. The van der Waals surface area contributed by atoms with Crippen molar-refractivity contribution in [3.8, 4) is 17.2 Å². The Labute approximate surface area is 180 Å². The van der Waals surface area contributed by atoms with Gasteiger partial charge in [0.15, 0.2) is 5.75 Å². The topological polar surface area (TPSA) is 38.7 Å². The van der Waals surface area contributed by atoms with Crippen LogP contribution >= 0.6 is 11.3 Å². The molecule has 4 heteroatoms. The van der Waals surface area contributed by atoms with Crippen molar-refractivity contribution in [2.45, 2.75) is 26.1 Å². The predicted octanol–water partition coefficient (Wildman–Crippen LogP) is 7.27. The highest BCUT2D eigenvalue weighted by Gasteiger charge is 2.20. The second kappa shape index (κ2) is 9.61. The number of ether oxygens (including phenoxy) is 2. The Balaban J connectivity index is 1.53. The van der Waals surface area contributed by atoms with Crippen molar-refractivity contribution in [1.29, 1.82) is 0 Å². The minimum absolute atomic E-state index is 0.525. The summed E-state index contributed by atoms with van der Waals surface area (Å²) in [6.45, 7) is 2.48. The fraction of sp³-hybridized carbons (Fsp3) is 0.154. The van der Waals surface area contributed by atoms with Gasteiger partial charge in [-0.15, -0.1) is 11.3 Å². The van der Waals surface area contributed by atoms with Crippen LogP contribution < -0.4 is 9.47 Å². The number of aliphatic hydroxyl groups excluding tert-OH is 1. The van der Waals surface area contributed by atoms with Gasteiger partial charge in [0.1, 0.15) is 18.1 Å². The maximum atomic E-state index is 10.7. The molecule has 0 bridgehead atoms. The lowest BCUT2D eigenvalue weighted by Crippen LogP contribution is -1.96. The van der Waals surface area contributed by atoms with Gasteiger partial charge in [0.25, 0.3) is 0 Å². The van der Waals surface area contributed by atoms with E-state index in [1.165, 1.54) is 0 Å². The first-order chi connectivity index (χ1) is 14.7. The van der Waals surface area contributed by atoms with Crippen LogP contribution in [0, 0.1) is 0 Å². The maximum absolute atomic E-state index is 10.7. The molecule has 4 rings (SSSR count). The number of allylic oxidation sites excluding steroid dienone is 1. The number of hydrogen-bond donors (Lipinski definition) is 1. The van der Waals surface area contributed by atoms with E-state index in [1.807, 2.05) is 91.9 Å². The third-order valence-electron chi connectivity index (χ3n) is 4.77. The van der Waals surface area contributed by atoms with Crippen molar-refractivity contribution in [2.24, 2.45) is 0 Å². The molecule has 0 spiro atoms. The standard InChI is InChI=1S/C26H24O3S/c1-2-3-12-23(27)26-25(22-11-7-8-13-24(22)30-26)29-21-16-14-20(15-17-21)28-18-19-9-5-4-6-10-19/h2-11,13-17,23,27H,12,18H2,1H3. The molecule has 1 aromatic heterocycles. The Morgan fingerprint density at radius 3 is 2.37 bits per heavy atom. The lowest BCUT2D eigenvalue weighted by atomic mass is 10.1. The fourth-order valence-electron chi connectivity index (χ4n) is 3.20. The summed E-state index contributed by atoms with van der Waals surface area (Å²) in [4.78, 5) is 0.846. The smallest absolute Gasteiger partial charge is 0.151 e. The van der Waals surface area contributed by atoms with Crippen LogP contribution in [0.3, 0.4) is 0 Å². The van der Waals surface area contributed by atoms with Gasteiger partial charge in [0, 0.05) is 10.1 Å². The molecule has 0 aliphatic heterocycles. The molecule has 4 aromatic rings. The monoisotopic (exact) mass is 416 g/mol. The zero-order chi connectivity index (χ0) is 20.8. The molecule has 3 nitrogen and oxygen atoms in total. The molecule has 0 saturated carbocycles. The quantitative estimate of drug-likeness (QED) is 0.307. The van der Waals surface area contributed by atoms with Gasteiger partial charge in [-0.05, 0) is 55.3 Å². The Kier molecular flexibility index (Phi) is 6.47. The van der Waals surface area contributed by atoms with Crippen LogP contribution in [0.15, 0.2) is 91.0 Å². The number of fused-ring (bicyclic) bond motifs is 1.